The molecule has 154 valence electrons. The second-order valence-corrected chi connectivity index (χ2v) is 6.76. The number of fused-ring (bicyclic) bond motifs is 2. The molecule has 1 aliphatic carbocycles. The molecule has 30 heavy (non-hydrogen) atoms. The maximum Gasteiger partial charge on any atom is 0.354 e. The van der Waals surface area contributed by atoms with Gasteiger partial charge in [-0.05, 0) is 0 Å². The standard InChI is InChI=1S/C20H13Cl2NO7/c1-29-11(24)7-10(20(28)30-2)23-16-12-13(19(27)15(22)14(16)21)18(26)9-6-4-3-5-8(9)17(12)25/h3-7,23,27H,1-2H3/b10-7+. The van der Waals surface area contributed by atoms with Gasteiger partial charge in [0, 0.05) is 11.1 Å². The first-order chi connectivity index (χ1) is 14.2. The summed E-state index contributed by atoms with van der Waals surface area (Å²) >= 11 is 12.3. The lowest BCUT2D eigenvalue weighted by Crippen LogP contribution is -2.24. The Bertz CT molecular complexity index is 1150. The van der Waals surface area contributed by atoms with Crippen LogP contribution < -0.4 is 5.32 Å². The molecule has 0 amide bonds. The number of phenolic OH excluding ortho intramolecular Hbond substituents is 1. The van der Waals surface area contributed by atoms with Crippen molar-refractivity contribution < 1.29 is 33.8 Å². The number of rotatable bonds is 4. The molecule has 0 radical (unpaired) electrons. The fourth-order valence-corrected chi connectivity index (χ4v) is 3.38. The van der Waals surface area contributed by atoms with Crippen LogP contribution in [0, 0.1) is 0 Å². The molecule has 0 saturated carbocycles. The Labute approximate surface area is 180 Å². The second-order valence-electron chi connectivity index (χ2n) is 6.00. The van der Waals surface area contributed by atoms with E-state index in [-0.39, 0.29) is 33.0 Å². The van der Waals surface area contributed by atoms with Crippen molar-refractivity contribution in [1.29, 1.82) is 0 Å². The van der Waals surface area contributed by atoms with E-state index in [2.05, 4.69) is 14.8 Å². The van der Waals surface area contributed by atoms with Gasteiger partial charge in [0.2, 0.25) is 0 Å². The zero-order valence-corrected chi connectivity index (χ0v) is 17.1. The van der Waals surface area contributed by atoms with Crippen molar-refractivity contribution in [2.45, 2.75) is 0 Å². The summed E-state index contributed by atoms with van der Waals surface area (Å²) in [5, 5.41) is 12.2. The molecule has 0 saturated heterocycles. The number of anilines is 1. The van der Waals surface area contributed by atoms with Gasteiger partial charge < -0.3 is 19.9 Å². The van der Waals surface area contributed by atoms with Gasteiger partial charge in [-0.1, -0.05) is 47.5 Å². The van der Waals surface area contributed by atoms with Crippen LogP contribution in [-0.4, -0.2) is 42.8 Å². The SMILES string of the molecule is COC(=O)/C=C(/Nc1c(Cl)c(Cl)c(O)c2c1C(=O)c1ccccc1C2=O)C(=O)OC. The summed E-state index contributed by atoms with van der Waals surface area (Å²) in [6.45, 7) is 0. The van der Waals surface area contributed by atoms with Crippen LogP contribution in [0.15, 0.2) is 36.0 Å². The summed E-state index contributed by atoms with van der Waals surface area (Å²) in [5.74, 6) is -3.85. The van der Waals surface area contributed by atoms with Crippen LogP contribution >= 0.6 is 23.2 Å². The van der Waals surface area contributed by atoms with Crippen molar-refractivity contribution in [2.24, 2.45) is 0 Å². The number of esters is 2. The summed E-state index contributed by atoms with van der Waals surface area (Å²) in [5.41, 5.74) is -1.21. The molecule has 1 aliphatic rings. The number of aromatic hydroxyl groups is 1. The largest absolute Gasteiger partial charge is 0.506 e. The first-order valence-corrected chi connectivity index (χ1v) is 9.05. The van der Waals surface area contributed by atoms with E-state index in [0.29, 0.717) is 0 Å². The molecular formula is C20H13Cl2NO7. The van der Waals surface area contributed by atoms with E-state index < -0.39 is 40.0 Å². The first kappa shape index (κ1) is 21.4. The van der Waals surface area contributed by atoms with Crippen molar-refractivity contribution in [3.63, 3.8) is 0 Å². The molecule has 0 atom stereocenters. The molecule has 10 heteroatoms. The second kappa shape index (κ2) is 8.17. The van der Waals surface area contributed by atoms with E-state index in [4.69, 9.17) is 23.2 Å². The molecule has 0 aliphatic heterocycles. The molecule has 3 rings (SSSR count). The Hall–Kier alpha value is -3.36. The van der Waals surface area contributed by atoms with Gasteiger partial charge in [0.1, 0.15) is 16.5 Å². The smallest absolute Gasteiger partial charge is 0.354 e. The number of halogens is 2. The topological polar surface area (TPSA) is 119 Å². The minimum atomic E-state index is -0.982. The van der Waals surface area contributed by atoms with E-state index >= 15 is 0 Å². The van der Waals surface area contributed by atoms with Gasteiger partial charge in [-0.3, -0.25) is 9.59 Å². The Morgan fingerprint density at radius 3 is 2.07 bits per heavy atom. The van der Waals surface area contributed by atoms with Gasteiger partial charge in [-0.25, -0.2) is 9.59 Å². The zero-order valence-electron chi connectivity index (χ0n) is 15.5. The molecular weight excluding hydrogens is 437 g/mol. The van der Waals surface area contributed by atoms with Gasteiger partial charge in [-0.2, -0.15) is 0 Å². The van der Waals surface area contributed by atoms with E-state index in [1.807, 2.05) is 0 Å². The maximum absolute atomic E-state index is 13.2. The molecule has 2 N–H and O–H groups in total. The van der Waals surface area contributed by atoms with Gasteiger partial charge in [0.05, 0.1) is 42.1 Å². The number of ether oxygens (including phenoxy) is 2. The fourth-order valence-electron chi connectivity index (χ4n) is 2.96. The molecule has 0 unspecified atom stereocenters. The highest BCUT2D eigenvalue weighted by Gasteiger charge is 2.37. The highest BCUT2D eigenvalue weighted by Crippen LogP contribution is 2.47. The van der Waals surface area contributed by atoms with E-state index in [1.54, 1.807) is 12.1 Å². The van der Waals surface area contributed by atoms with Crippen molar-refractivity contribution >= 4 is 52.4 Å². The van der Waals surface area contributed by atoms with Crippen molar-refractivity contribution in [3.8, 4) is 5.75 Å². The lowest BCUT2D eigenvalue weighted by molar-refractivity contribution is -0.138. The highest BCUT2D eigenvalue weighted by atomic mass is 35.5. The average Bonchev–Trinajstić information content (AvgIpc) is 2.76. The van der Waals surface area contributed by atoms with E-state index in [0.717, 1.165) is 20.3 Å². The molecule has 0 aromatic heterocycles. The first-order valence-electron chi connectivity index (χ1n) is 8.30. The predicted octanol–water partition coefficient (Wildman–Crippen LogP) is 3.12. The fraction of sp³-hybridized carbons (Fsp3) is 0.100. The highest BCUT2D eigenvalue weighted by molar-refractivity contribution is 6.47. The van der Waals surface area contributed by atoms with E-state index in [1.165, 1.54) is 12.1 Å². The number of nitrogens with one attached hydrogen (secondary N) is 1. The minimum absolute atomic E-state index is 0.0763. The van der Waals surface area contributed by atoms with E-state index in [9.17, 15) is 24.3 Å². The van der Waals surface area contributed by atoms with Gasteiger partial charge >= 0.3 is 11.9 Å². The number of ketones is 2. The summed E-state index contributed by atoms with van der Waals surface area (Å²) < 4.78 is 9.12. The lowest BCUT2D eigenvalue weighted by Gasteiger charge is -2.24. The molecule has 0 fully saturated rings. The summed E-state index contributed by atoms with van der Waals surface area (Å²) in [6.07, 6.45) is 0.776. The number of methoxy groups -OCH3 is 2. The number of phenols is 1. The van der Waals surface area contributed by atoms with Crippen LogP contribution in [0.5, 0.6) is 5.75 Å². The van der Waals surface area contributed by atoms with Crippen molar-refractivity contribution in [2.75, 3.05) is 19.5 Å². The van der Waals surface area contributed by atoms with Crippen LogP contribution in [-0.2, 0) is 19.1 Å². The third-order valence-corrected chi connectivity index (χ3v) is 5.20. The van der Waals surface area contributed by atoms with Crippen LogP contribution in [0.4, 0.5) is 5.69 Å². The molecule has 2 aromatic carbocycles. The monoisotopic (exact) mass is 449 g/mol. The molecule has 2 aromatic rings. The molecule has 0 spiro atoms. The Kier molecular flexibility index (Phi) is 5.82. The molecule has 0 heterocycles. The summed E-state index contributed by atoms with van der Waals surface area (Å²) in [7, 11) is 2.17. The zero-order chi connectivity index (χ0) is 22.2. The Morgan fingerprint density at radius 1 is 0.967 bits per heavy atom. The van der Waals surface area contributed by atoms with Gasteiger partial charge in [0.15, 0.2) is 11.6 Å². The number of hydrogen-bond acceptors (Lipinski definition) is 8. The minimum Gasteiger partial charge on any atom is -0.506 e. The third-order valence-electron chi connectivity index (χ3n) is 4.36. The third kappa shape index (κ3) is 3.40. The summed E-state index contributed by atoms with van der Waals surface area (Å²) in [6, 6.07) is 6.01. The number of benzene rings is 2. The number of carbonyl (C=O) groups excluding carboxylic acids is 4. The predicted molar refractivity (Wildman–Crippen MR) is 107 cm³/mol. The normalized spacial score (nSPS) is 12.7. The molecule has 8 nitrogen and oxygen atoms in total. The maximum atomic E-state index is 13.2. The van der Waals surface area contributed by atoms with Crippen molar-refractivity contribution in [3.05, 3.63) is 68.3 Å². The Balaban J connectivity index is 2.29. The molecule has 0 bridgehead atoms. The summed E-state index contributed by atoms with van der Waals surface area (Å²) in [4.78, 5) is 49.9. The van der Waals surface area contributed by atoms with Crippen LogP contribution in [0.25, 0.3) is 0 Å². The number of hydrogen-bond donors (Lipinski definition) is 2. The van der Waals surface area contributed by atoms with Crippen molar-refractivity contribution in [1.82, 2.24) is 0 Å². The lowest BCUT2D eigenvalue weighted by atomic mass is 9.82. The quantitative estimate of drug-likeness (QED) is 0.354. The van der Waals surface area contributed by atoms with Gasteiger partial charge in [0.25, 0.3) is 0 Å². The van der Waals surface area contributed by atoms with Crippen LogP contribution in [0.3, 0.4) is 0 Å². The number of carbonyl (C=O) groups is 4. The average molecular weight is 450 g/mol. The Morgan fingerprint density at radius 2 is 1.53 bits per heavy atom. The van der Waals surface area contributed by atoms with Crippen LogP contribution in [0.1, 0.15) is 31.8 Å². The van der Waals surface area contributed by atoms with Crippen LogP contribution in [0.2, 0.25) is 10.0 Å². The van der Waals surface area contributed by atoms with Gasteiger partial charge in [-0.15, -0.1) is 0 Å².